The van der Waals surface area contributed by atoms with Crippen LogP contribution in [0.5, 0.6) is 0 Å². The molecule has 2 aliphatic rings. The smallest absolute Gasteiger partial charge is 0.00958 e. The predicted octanol–water partition coefficient (Wildman–Crippen LogP) is 3.38. The minimum absolute atomic E-state index is 0.423. The van der Waals surface area contributed by atoms with Crippen LogP contribution in [0, 0.1) is 5.92 Å². The molecule has 0 amide bonds. The van der Waals surface area contributed by atoms with E-state index in [1.54, 1.807) is 5.56 Å². The van der Waals surface area contributed by atoms with Crippen molar-refractivity contribution >= 4 is 0 Å². The molecule has 1 saturated carbocycles. The quantitative estimate of drug-likeness (QED) is 0.894. The van der Waals surface area contributed by atoms with E-state index in [9.17, 15) is 0 Å². The van der Waals surface area contributed by atoms with Crippen molar-refractivity contribution in [2.24, 2.45) is 11.7 Å². The Kier molecular flexibility index (Phi) is 4.42. The van der Waals surface area contributed by atoms with Crippen molar-refractivity contribution < 1.29 is 0 Å². The van der Waals surface area contributed by atoms with Crippen LogP contribution in [-0.4, -0.2) is 30.1 Å². The summed E-state index contributed by atoms with van der Waals surface area (Å²) in [6.45, 7) is 4.74. The fourth-order valence-corrected chi connectivity index (χ4v) is 4.03. The summed E-state index contributed by atoms with van der Waals surface area (Å²) in [4.78, 5) is 2.72. The Morgan fingerprint density at radius 2 is 1.70 bits per heavy atom. The van der Waals surface area contributed by atoms with Crippen LogP contribution in [0.1, 0.15) is 50.5 Å². The normalized spacial score (nSPS) is 35.9. The van der Waals surface area contributed by atoms with Crippen LogP contribution < -0.4 is 5.73 Å². The molecule has 1 aliphatic carbocycles. The lowest BCUT2D eigenvalue weighted by Gasteiger charge is -2.42. The number of hydrogen-bond donors (Lipinski definition) is 1. The Morgan fingerprint density at radius 3 is 2.35 bits per heavy atom. The molecule has 2 heteroatoms. The maximum Gasteiger partial charge on any atom is 0.00958 e. The third-order valence-corrected chi connectivity index (χ3v) is 5.49. The fourth-order valence-electron chi connectivity index (χ4n) is 4.03. The monoisotopic (exact) mass is 272 g/mol. The number of benzene rings is 1. The van der Waals surface area contributed by atoms with E-state index in [0.29, 0.717) is 12.0 Å². The lowest BCUT2D eigenvalue weighted by molar-refractivity contribution is 0.0894. The Balaban J connectivity index is 1.54. The molecule has 0 radical (unpaired) electrons. The lowest BCUT2D eigenvalue weighted by Crippen LogP contribution is -2.50. The van der Waals surface area contributed by atoms with Gasteiger partial charge in [-0.3, -0.25) is 0 Å². The van der Waals surface area contributed by atoms with Crippen molar-refractivity contribution in [3.63, 3.8) is 0 Å². The SMILES string of the molecule is CC1CN(C2CCC(c3ccccc3)CC2)CCC1N. The summed E-state index contributed by atoms with van der Waals surface area (Å²) in [5.74, 6) is 1.45. The molecule has 1 saturated heterocycles. The van der Waals surface area contributed by atoms with Gasteiger partial charge in [0.1, 0.15) is 0 Å². The molecule has 2 N–H and O–H groups in total. The third-order valence-electron chi connectivity index (χ3n) is 5.49. The van der Waals surface area contributed by atoms with Crippen LogP contribution in [0.15, 0.2) is 30.3 Å². The molecule has 20 heavy (non-hydrogen) atoms. The van der Waals surface area contributed by atoms with Gasteiger partial charge in [-0.2, -0.15) is 0 Å². The van der Waals surface area contributed by atoms with Crippen molar-refractivity contribution in [2.45, 2.75) is 57.0 Å². The molecule has 1 heterocycles. The van der Waals surface area contributed by atoms with Crippen molar-refractivity contribution in [2.75, 3.05) is 13.1 Å². The van der Waals surface area contributed by atoms with E-state index in [2.05, 4.69) is 42.2 Å². The Morgan fingerprint density at radius 1 is 1.00 bits per heavy atom. The number of piperidine rings is 1. The maximum absolute atomic E-state index is 6.14. The van der Waals surface area contributed by atoms with E-state index in [1.807, 2.05) is 0 Å². The molecule has 0 spiro atoms. The molecule has 1 aliphatic heterocycles. The van der Waals surface area contributed by atoms with Gasteiger partial charge >= 0.3 is 0 Å². The van der Waals surface area contributed by atoms with E-state index in [0.717, 1.165) is 12.0 Å². The standard InChI is InChI=1S/C18H28N2/c1-14-13-20(12-11-18(14)19)17-9-7-16(8-10-17)15-5-3-2-4-6-15/h2-6,14,16-18H,7-13,19H2,1H3. The summed E-state index contributed by atoms with van der Waals surface area (Å²) in [7, 11) is 0. The molecule has 1 aromatic rings. The first kappa shape index (κ1) is 14.1. The minimum atomic E-state index is 0.423. The Bertz CT molecular complexity index is 409. The molecular formula is C18H28N2. The third kappa shape index (κ3) is 3.07. The first-order chi connectivity index (χ1) is 9.74. The van der Waals surface area contributed by atoms with Gasteiger partial charge in [0.15, 0.2) is 0 Å². The van der Waals surface area contributed by atoms with E-state index >= 15 is 0 Å². The van der Waals surface area contributed by atoms with Gasteiger partial charge in [-0.1, -0.05) is 37.3 Å². The summed E-state index contributed by atoms with van der Waals surface area (Å²) >= 11 is 0. The summed E-state index contributed by atoms with van der Waals surface area (Å²) in [6, 6.07) is 12.3. The molecule has 0 aromatic heterocycles. The second kappa shape index (κ2) is 6.28. The molecule has 2 fully saturated rings. The largest absolute Gasteiger partial charge is 0.327 e. The minimum Gasteiger partial charge on any atom is -0.327 e. The van der Waals surface area contributed by atoms with Gasteiger partial charge < -0.3 is 10.6 Å². The van der Waals surface area contributed by atoms with Crippen LogP contribution in [0.2, 0.25) is 0 Å². The van der Waals surface area contributed by atoms with Gasteiger partial charge in [-0.15, -0.1) is 0 Å². The molecular weight excluding hydrogens is 244 g/mol. The molecule has 2 unspecified atom stereocenters. The Hall–Kier alpha value is -0.860. The number of nitrogens with two attached hydrogens (primary N) is 1. The summed E-state index contributed by atoms with van der Waals surface area (Å²) in [5, 5.41) is 0. The summed E-state index contributed by atoms with van der Waals surface area (Å²) in [5.41, 5.74) is 7.68. The zero-order valence-electron chi connectivity index (χ0n) is 12.7. The number of rotatable bonds is 2. The van der Waals surface area contributed by atoms with Gasteiger partial charge in [0.2, 0.25) is 0 Å². The number of hydrogen-bond acceptors (Lipinski definition) is 2. The first-order valence-electron chi connectivity index (χ1n) is 8.28. The van der Waals surface area contributed by atoms with Crippen LogP contribution in [0.3, 0.4) is 0 Å². The molecule has 3 rings (SSSR count). The van der Waals surface area contributed by atoms with Crippen LogP contribution in [0.4, 0.5) is 0 Å². The molecule has 0 bridgehead atoms. The molecule has 2 atom stereocenters. The highest BCUT2D eigenvalue weighted by Crippen LogP contribution is 2.35. The van der Waals surface area contributed by atoms with Crippen molar-refractivity contribution in [1.82, 2.24) is 4.90 Å². The topological polar surface area (TPSA) is 29.3 Å². The average molecular weight is 272 g/mol. The zero-order chi connectivity index (χ0) is 13.9. The van der Waals surface area contributed by atoms with E-state index in [-0.39, 0.29) is 0 Å². The van der Waals surface area contributed by atoms with Gasteiger partial charge in [0, 0.05) is 18.6 Å². The van der Waals surface area contributed by atoms with Gasteiger partial charge in [0.25, 0.3) is 0 Å². The molecule has 1 aromatic carbocycles. The molecule has 2 nitrogen and oxygen atoms in total. The van der Waals surface area contributed by atoms with Gasteiger partial charge in [0.05, 0.1) is 0 Å². The maximum atomic E-state index is 6.14. The zero-order valence-corrected chi connectivity index (χ0v) is 12.7. The second-order valence-corrected chi connectivity index (χ2v) is 6.84. The molecule has 110 valence electrons. The highest BCUT2D eigenvalue weighted by atomic mass is 15.2. The number of nitrogens with zero attached hydrogens (tertiary/aromatic N) is 1. The number of likely N-dealkylation sites (tertiary alicyclic amines) is 1. The van der Waals surface area contributed by atoms with Crippen LogP contribution in [-0.2, 0) is 0 Å². The summed E-state index contributed by atoms with van der Waals surface area (Å²) < 4.78 is 0. The van der Waals surface area contributed by atoms with Gasteiger partial charge in [-0.05, 0) is 56.0 Å². The van der Waals surface area contributed by atoms with Crippen molar-refractivity contribution in [3.05, 3.63) is 35.9 Å². The van der Waals surface area contributed by atoms with E-state index in [4.69, 9.17) is 5.73 Å². The van der Waals surface area contributed by atoms with E-state index < -0.39 is 0 Å². The predicted molar refractivity (Wildman–Crippen MR) is 84.8 cm³/mol. The first-order valence-corrected chi connectivity index (χ1v) is 8.28. The van der Waals surface area contributed by atoms with E-state index in [1.165, 1.54) is 45.2 Å². The Labute approximate surface area is 123 Å². The fraction of sp³-hybridized carbons (Fsp3) is 0.667. The lowest BCUT2D eigenvalue weighted by atomic mass is 9.80. The highest BCUT2D eigenvalue weighted by Gasteiger charge is 2.31. The summed E-state index contributed by atoms with van der Waals surface area (Å²) in [6.07, 6.45) is 6.61. The van der Waals surface area contributed by atoms with Crippen molar-refractivity contribution in [3.8, 4) is 0 Å². The highest BCUT2D eigenvalue weighted by molar-refractivity contribution is 5.20. The van der Waals surface area contributed by atoms with Gasteiger partial charge in [-0.25, -0.2) is 0 Å². The van der Waals surface area contributed by atoms with Crippen LogP contribution >= 0.6 is 0 Å². The van der Waals surface area contributed by atoms with Crippen molar-refractivity contribution in [1.29, 1.82) is 0 Å². The van der Waals surface area contributed by atoms with Crippen LogP contribution in [0.25, 0.3) is 0 Å². The average Bonchev–Trinajstić information content (AvgIpc) is 2.51. The second-order valence-electron chi connectivity index (χ2n) is 6.84.